The van der Waals surface area contributed by atoms with Crippen molar-refractivity contribution in [1.82, 2.24) is 4.98 Å². The van der Waals surface area contributed by atoms with Gasteiger partial charge in [0.15, 0.2) is 5.13 Å². The fraction of sp³-hybridized carbons (Fsp3) is 0.214. The topological polar surface area (TPSA) is 139 Å². The molecule has 0 atom stereocenters. The number of hydrazone groups is 1. The molecule has 0 spiro atoms. The van der Waals surface area contributed by atoms with Crippen molar-refractivity contribution < 1.29 is 18.1 Å². The van der Waals surface area contributed by atoms with Crippen LogP contribution < -0.4 is 15.0 Å². The maximum absolute atomic E-state index is 13.4. The number of aromatic nitrogens is 1. The van der Waals surface area contributed by atoms with Crippen molar-refractivity contribution in [3.63, 3.8) is 0 Å². The van der Waals surface area contributed by atoms with Gasteiger partial charge >= 0.3 is 0 Å². The van der Waals surface area contributed by atoms with Gasteiger partial charge in [0.2, 0.25) is 0 Å². The second kappa shape index (κ2) is 12.0. The number of thiazole rings is 1. The van der Waals surface area contributed by atoms with Crippen LogP contribution in [-0.4, -0.2) is 50.8 Å². The molecule has 1 aromatic heterocycles. The lowest BCUT2D eigenvalue weighted by Crippen LogP contribution is -2.36. The molecule has 212 valence electrons. The Balaban J connectivity index is 1.47. The van der Waals surface area contributed by atoms with E-state index in [9.17, 15) is 18.5 Å². The molecule has 1 aliphatic rings. The maximum atomic E-state index is 13.4. The first-order chi connectivity index (χ1) is 19.7. The number of anilines is 3. The number of morpholine rings is 1. The Labute approximate surface area is 241 Å². The number of nitrogens with one attached hydrogen (secondary N) is 2. The van der Waals surface area contributed by atoms with Crippen LogP contribution in [0.5, 0.6) is 0 Å². The first kappa shape index (κ1) is 28.2. The highest BCUT2D eigenvalue weighted by molar-refractivity contribution is 7.92. The Morgan fingerprint density at radius 3 is 2.49 bits per heavy atom. The third kappa shape index (κ3) is 6.53. The van der Waals surface area contributed by atoms with Crippen LogP contribution >= 0.6 is 11.3 Å². The van der Waals surface area contributed by atoms with Crippen LogP contribution in [0.2, 0.25) is 0 Å². The van der Waals surface area contributed by atoms with Crippen LogP contribution in [0.25, 0.3) is 11.3 Å². The lowest BCUT2D eigenvalue weighted by molar-refractivity contribution is -0.385. The van der Waals surface area contributed by atoms with Crippen LogP contribution in [0.1, 0.15) is 16.0 Å². The minimum Gasteiger partial charge on any atom is -0.378 e. The first-order valence-corrected chi connectivity index (χ1v) is 15.1. The SMILES string of the molecule is Cc1ccc(NS(=O)(=O)c2cc([N+](=O)[O-])ccc2N/N=C/c2sc(N3CCOCC3)nc2-c2ccccc2)c(C)c1. The summed E-state index contributed by atoms with van der Waals surface area (Å²) in [5.41, 5.74) is 6.26. The lowest BCUT2D eigenvalue weighted by atomic mass is 10.1. The fourth-order valence-corrected chi connectivity index (χ4v) is 6.65. The molecule has 0 saturated carbocycles. The number of benzene rings is 3. The quantitative estimate of drug-likeness (QED) is 0.149. The third-order valence-electron chi connectivity index (χ3n) is 6.43. The van der Waals surface area contributed by atoms with E-state index in [1.165, 1.54) is 23.5 Å². The van der Waals surface area contributed by atoms with Gasteiger partial charge in [0.25, 0.3) is 15.7 Å². The van der Waals surface area contributed by atoms with Gasteiger partial charge in [-0.15, -0.1) is 0 Å². The molecule has 0 aliphatic carbocycles. The molecule has 5 rings (SSSR count). The van der Waals surface area contributed by atoms with Gasteiger partial charge in [-0.05, 0) is 31.5 Å². The van der Waals surface area contributed by atoms with E-state index in [0.29, 0.717) is 18.9 Å². The Morgan fingerprint density at radius 2 is 1.78 bits per heavy atom. The van der Waals surface area contributed by atoms with Crippen LogP contribution in [0.4, 0.5) is 22.2 Å². The Morgan fingerprint density at radius 1 is 1.05 bits per heavy atom. The molecule has 2 N–H and O–H groups in total. The van der Waals surface area contributed by atoms with Crippen molar-refractivity contribution in [2.75, 3.05) is 41.4 Å². The van der Waals surface area contributed by atoms with Crippen LogP contribution in [0.15, 0.2) is 76.7 Å². The Bertz CT molecular complexity index is 1700. The van der Waals surface area contributed by atoms with Crippen molar-refractivity contribution in [2.45, 2.75) is 18.7 Å². The number of nitrogens with zero attached hydrogens (tertiary/aromatic N) is 4. The van der Waals surface area contributed by atoms with Crippen LogP contribution in [-0.2, 0) is 14.8 Å². The highest BCUT2D eigenvalue weighted by atomic mass is 32.2. The molecular formula is C28H28N6O5S2. The normalized spacial score (nSPS) is 13.9. The molecule has 11 nitrogen and oxygen atoms in total. The molecule has 0 unspecified atom stereocenters. The van der Waals surface area contributed by atoms with Gasteiger partial charge in [0.1, 0.15) is 4.90 Å². The second-order valence-corrected chi connectivity index (χ2v) is 12.1. The molecule has 13 heteroatoms. The van der Waals surface area contributed by atoms with E-state index in [-0.39, 0.29) is 16.3 Å². The maximum Gasteiger partial charge on any atom is 0.270 e. The predicted octanol–water partition coefficient (Wildman–Crippen LogP) is 5.42. The average Bonchev–Trinajstić information content (AvgIpc) is 3.40. The largest absolute Gasteiger partial charge is 0.378 e. The van der Waals surface area contributed by atoms with Gasteiger partial charge in [0, 0.05) is 30.8 Å². The monoisotopic (exact) mass is 592 g/mol. The number of nitro benzene ring substituents is 1. The Hall–Kier alpha value is -4.33. The summed E-state index contributed by atoms with van der Waals surface area (Å²) in [6.07, 6.45) is 1.58. The molecule has 1 aliphatic heterocycles. The first-order valence-electron chi connectivity index (χ1n) is 12.8. The molecule has 1 saturated heterocycles. The summed E-state index contributed by atoms with van der Waals surface area (Å²) in [4.78, 5) is 18.3. The minimum atomic E-state index is -4.21. The fourth-order valence-electron chi connectivity index (χ4n) is 4.33. The third-order valence-corrected chi connectivity index (χ3v) is 8.89. The van der Waals surface area contributed by atoms with E-state index in [2.05, 4.69) is 20.1 Å². The number of nitro groups is 1. The summed E-state index contributed by atoms with van der Waals surface area (Å²) >= 11 is 1.47. The number of aryl methyl sites for hydroxylation is 2. The number of rotatable bonds is 9. The van der Waals surface area contributed by atoms with E-state index in [1.807, 2.05) is 43.3 Å². The van der Waals surface area contributed by atoms with Crippen LogP contribution in [0.3, 0.4) is 0 Å². The molecule has 0 bridgehead atoms. The summed E-state index contributed by atoms with van der Waals surface area (Å²) in [5.74, 6) is 0. The number of hydrogen-bond donors (Lipinski definition) is 2. The van der Waals surface area contributed by atoms with Crippen LogP contribution in [0, 0.1) is 24.0 Å². The zero-order valence-corrected chi connectivity index (χ0v) is 24.0. The molecule has 0 radical (unpaired) electrons. The summed E-state index contributed by atoms with van der Waals surface area (Å²) in [6.45, 7) is 6.40. The van der Waals surface area contributed by atoms with Crippen molar-refractivity contribution in [1.29, 1.82) is 0 Å². The van der Waals surface area contributed by atoms with Crippen molar-refractivity contribution >= 4 is 49.8 Å². The standard InChI is InChI=1S/C28H28N6O5S2/c1-19-8-10-23(20(2)16-19)32-41(37,38)26-17-22(34(35)36)9-11-24(26)31-29-18-25-27(21-6-4-3-5-7-21)30-28(40-25)33-12-14-39-15-13-33/h3-11,16-18,31-32H,12-15H2,1-2H3/b29-18+. The van der Waals surface area contributed by atoms with Gasteiger partial charge in [-0.1, -0.05) is 59.4 Å². The molecule has 0 amide bonds. The second-order valence-electron chi connectivity index (χ2n) is 9.41. The van der Waals surface area contributed by atoms with Crippen molar-refractivity contribution in [3.05, 3.63) is 92.8 Å². The van der Waals surface area contributed by atoms with Gasteiger partial charge in [0.05, 0.1) is 46.3 Å². The van der Waals surface area contributed by atoms with Gasteiger partial charge in [-0.2, -0.15) is 5.10 Å². The molecule has 4 aromatic rings. The molecule has 41 heavy (non-hydrogen) atoms. The van der Waals surface area contributed by atoms with Gasteiger partial charge < -0.3 is 9.64 Å². The molecule has 3 aromatic carbocycles. The lowest BCUT2D eigenvalue weighted by Gasteiger charge is -2.26. The average molecular weight is 593 g/mol. The molecule has 2 heterocycles. The summed E-state index contributed by atoms with van der Waals surface area (Å²) < 4.78 is 34.9. The minimum absolute atomic E-state index is 0.0864. The number of ether oxygens (including phenoxy) is 1. The van der Waals surface area contributed by atoms with E-state index in [4.69, 9.17) is 9.72 Å². The number of hydrogen-bond acceptors (Lipinski definition) is 10. The predicted molar refractivity (Wildman–Crippen MR) is 162 cm³/mol. The van der Waals surface area contributed by atoms with E-state index >= 15 is 0 Å². The van der Waals surface area contributed by atoms with E-state index < -0.39 is 14.9 Å². The summed E-state index contributed by atoms with van der Waals surface area (Å²) in [7, 11) is -4.21. The van der Waals surface area contributed by atoms with Crippen molar-refractivity contribution in [3.8, 4) is 11.3 Å². The summed E-state index contributed by atoms with van der Waals surface area (Å²) in [6, 6.07) is 18.6. The number of non-ortho nitro benzene ring substituents is 1. The van der Waals surface area contributed by atoms with Gasteiger partial charge in [-0.3, -0.25) is 20.3 Å². The number of sulfonamides is 1. The highest BCUT2D eigenvalue weighted by Gasteiger charge is 2.24. The highest BCUT2D eigenvalue weighted by Crippen LogP contribution is 2.33. The van der Waals surface area contributed by atoms with E-state index in [0.717, 1.165) is 51.5 Å². The summed E-state index contributed by atoms with van der Waals surface area (Å²) in [5, 5.41) is 16.6. The van der Waals surface area contributed by atoms with Crippen molar-refractivity contribution in [2.24, 2.45) is 5.10 Å². The van der Waals surface area contributed by atoms with Gasteiger partial charge in [-0.25, -0.2) is 13.4 Å². The smallest absolute Gasteiger partial charge is 0.270 e. The Kier molecular flexibility index (Phi) is 8.28. The zero-order chi connectivity index (χ0) is 29.0. The molecule has 1 fully saturated rings. The molecular weight excluding hydrogens is 564 g/mol. The zero-order valence-electron chi connectivity index (χ0n) is 22.4. The van der Waals surface area contributed by atoms with E-state index in [1.54, 1.807) is 25.3 Å².